The maximum atomic E-state index is 5.34. The molecule has 0 spiro atoms. The van der Waals surface area contributed by atoms with E-state index < -0.39 is 0 Å². The Hall–Kier alpha value is 0.177. The summed E-state index contributed by atoms with van der Waals surface area (Å²) >= 11 is 0. The van der Waals surface area contributed by atoms with Crippen LogP contribution in [0, 0.1) is 0 Å². The van der Waals surface area contributed by atoms with Gasteiger partial charge in [0.1, 0.15) is 0 Å². The first kappa shape index (κ1) is 11.2. The highest BCUT2D eigenvalue weighted by atomic mass is 28.2. The van der Waals surface area contributed by atoms with Gasteiger partial charge in [0, 0.05) is 0 Å². The molecular weight excluding hydrogens is 152 g/mol. The second-order valence-corrected chi connectivity index (χ2v) is 3.30. The summed E-state index contributed by atoms with van der Waals surface area (Å²) < 4.78 is 5.34. The average Bonchev–Trinajstić information content (AvgIpc) is 2.08. The zero-order valence-electron chi connectivity index (χ0n) is 7.94. The quantitative estimate of drug-likeness (QED) is 0.558. The van der Waals surface area contributed by atoms with Gasteiger partial charge in [-0.15, -0.1) is 0 Å². The van der Waals surface area contributed by atoms with Crippen molar-refractivity contribution in [3.63, 3.8) is 0 Å². The van der Waals surface area contributed by atoms with Gasteiger partial charge < -0.3 is 4.43 Å². The van der Waals surface area contributed by atoms with Crippen LogP contribution in [0.2, 0.25) is 0 Å². The van der Waals surface area contributed by atoms with E-state index >= 15 is 0 Å². The molecule has 0 aliphatic carbocycles. The maximum absolute atomic E-state index is 5.34. The van der Waals surface area contributed by atoms with Crippen molar-refractivity contribution in [3.8, 4) is 0 Å². The molecule has 0 saturated heterocycles. The molecule has 0 saturated carbocycles. The first-order chi connectivity index (χ1) is 5.24. The topological polar surface area (TPSA) is 9.23 Å². The van der Waals surface area contributed by atoms with E-state index in [-0.39, 0.29) is 5.60 Å². The summed E-state index contributed by atoms with van der Waals surface area (Å²) in [4.78, 5) is 0. The Labute approximate surface area is 74.1 Å². The molecule has 0 aliphatic rings. The van der Waals surface area contributed by atoms with Gasteiger partial charge in [0.15, 0.2) is 0 Å². The van der Waals surface area contributed by atoms with Crippen molar-refractivity contribution >= 4 is 10.5 Å². The molecule has 0 aromatic carbocycles. The molecule has 2 heteroatoms. The molecule has 0 aromatic rings. The Balaban J connectivity index is 3.84. The molecule has 0 aromatic heterocycles. The van der Waals surface area contributed by atoms with E-state index in [0.29, 0.717) is 0 Å². The van der Waals surface area contributed by atoms with Crippen LogP contribution in [0.1, 0.15) is 52.9 Å². The number of hydrogen-bond acceptors (Lipinski definition) is 1. The van der Waals surface area contributed by atoms with Crippen molar-refractivity contribution in [1.29, 1.82) is 0 Å². The monoisotopic (exact) mass is 171 g/mol. The van der Waals surface area contributed by atoms with Gasteiger partial charge in [-0.05, 0) is 19.3 Å². The Bertz CT molecular complexity index is 81.3. The predicted molar refractivity (Wildman–Crippen MR) is 49.7 cm³/mol. The fourth-order valence-electron chi connectivity index (χ4n) is 1.30. The fraction of sp³-hybridized carbons (Fsp3) is 1.00. The number of hydrogen-bond donors (Lipinski definition) is 0. The fourth-order valence-corrected chi connectivity index (χ4v) is 1.69. The van der Waals surface area contributed by atoms with Crippen LogP contribution in [0.4, 0.5) is 0 Å². The van der Waals surface area contributed by atoms with Crippen LogP contribution in [-0.4, -0.2) is 16.1 Å². The first-order valence-electron chi connectivity index (χ1n) is 4.59. The minimum Gasteiger partial charge on any atom is -0.413 e. The zero-order valence-corrected chi connectivity index (χ0v) is 8.94. The smallest absolute Gasteiger partial charge is 0.247 e. The third-order valence-corrected chi connectivity index (χ3v) is 2.92. The van der Waals surface area contributed by atoms with E-state index in [1.165, 1.54) is 19.3 Å². The summed E-state index contributed by atoms with van der Waals surface area (Å²) in [7, 11) is 3.17. The average molecular weight is 171 g/mol. The first-order valence-corrected chi connectivity index (χ1v) is 5.00. The lowest BCUT2D eigenvalue weighted by atomic mass is 9.91. The zero-order chi connectivity index (χ0) is 8.74. The molecule has 1 nitrogen and oxygen atoms in total. The standard InChI is InChI=1S/C9H19OSi/c1-4-7-8-9(5-2,6-3)10-11/h4-8H2,1-3H3. The number of unbranched alkanes of at least 4 members (excludes halogenated alkanes) is 1. The molecule has 0 fully saturated rings. The van der Waals surface area contributed by atoms with Crippen LogP contribution in [-0.2, 0) is 4.43 Å². The molecule has 0 N–H and O–H groups in total. The van der Waals surface area contributed by atoms with Crippen LogP contribution in [0.3, 0.4) is 0 Å². The van der Waals surface area contributed by atoms with Crippen molar-refractivity contribution in [2.75, 3.05) is 0 Å². The van der Waals surface area contributed by atoms with E-state index in [0.717, 1.165) is 12.8 Å². The molecule has 65 valence electrons. The lowest BCUT2D eigenvalue weighted by Crippen LogP contribution is -2.29. The molecule has 0 amide bonds. The molecule has 11 heavy (non-hydrogen) atoms. The molecular formula is C9H19OSi. The molecule has 0 bridgehead atoms. The van der Waals surface area contributed by atoms with Gasteiger partial charge in [-0.1, -0.05) is 33.6 Å². The van der Waals surface area contributed by atoms with Crippen LogP contribution in [0.5, 0.6) is 0 Å². The Morgan fingerprint density at radius 3 is 2.00 bits per heavy atom. The lowest BCUT2D eigenvalue weighted by molar-refractivity contribution is 0.0589. The summed E-state index contributed by atoms with van der Waals surface area (Å²) in [6.45, 7) is 6.57. The normalized spacial score (nSPS) is 12.0. The van der Waals surface area contributed by atoms with Crippen LogP contribution in [0.25, 0.3) is 0 Å². The van der Waals surface area contributed by atoms with Gasteiger partial charge in [0.05, 0.1) is 5.60 Å². The summed E-state index contributed by atoms with van der Waals surface area (Å²) in [6.07, 6.45) is 5.85. The van der Waals surface area contributed by atoms with Gasteiger partial charge in [0.2, 0.25) is 10.5 Å². The van der Waals surface area contributed by atoms with Crippen molar-refractivity contribution in [1.82, 2.24) is 0 Å². The van der Waals surface area contributed by atoms with E-state index in [9.17, 15) is 0 Å². The van der Waals surface area contributed by atoms with E-state index in [2.05, 4.69) is 31.3 Å². The lowest BCUT2D eigenvalue weighted by Gasteiger charge is -2.30. The van der Waals surface area contributed by atoms with Gasteiger partial charge in [0.25, 0.3) is 0 Å². The van der Waals surface area contributed by atoms with Gasteiger partial charge in [-0.3, -0.25) is 0 Å². The van der Waals surface area contributed by atoms with E-state index in [1.54, 1.807) is 0 Å². The predicted octanol–water partition coefficient (Wildman–Crippen LogP) is 2.84. The van der Waals surface area contributed by atoms with Gasteiger partial charge in [-0.25, -0.2) is 0 Å². The molecule has 0 rings (SSSR count). The highest BCUT2D eigenvalue weighted by Gasteiger charge is 2.23. The van der Waals surface area contributed by atoms with Crippen LogP contribution < -0.4 is 0 Å². The highest BCUT2D eigenvalue weighted by molar-refractivity contribution is 5.98. The second kappa shape index (κ2) is 5.78. The molecule has 3 radical (unpaired) electrons. The van der Waals surface area contributed by atoms with Gasteiger partial charge >= 0.3 is 0 Å². The third-order valence-electron chi connectivity index (χ3n) is 2.49. The molecule has 0 atom stereocenters. The van der Waals surface area contributed by atoms with Crippen LogP contribution in [0.15, 0.2) is 0 Å². The van der Waals surface area contributed by atoms with Crippen molar-refractivity contribution in [2.24, 2.45) is 0 Å². The van der Waals surface area contributed by atoms with Crippen molar-refractivity contribution in [3.05, 3.63) is 0 Å². The Morgan fingerprint density at radius 2 is 1.73 bits per heavy atom. The summed E-state index contributed by atoms with van der Waals surface area (Å²) in [6, 6.07) is 0. The Kier molecular flexibility index (Phi) is 5.87. The molecule has 0 heterocycles. The summed E-state index contributed by atoms with van der Waals surface area (Å²) in [5.41, 5.74) is 0.0902. The third kappa shape index (κ3) is 3.39. The van der Waals surface area contributed by atoms with E-state index in [4.69, 9.17) is 4.43 Å². The largest absolute Gasteiger partial charge is 0.413 e. The SMILES string of the molecule is CCCCC(CC)(CC)O[Si]. The van der Waals surface area contributed by atoms with Crippen molar-refractivity contribution in [2.45, 2.75) is 58.5 Å². The summed E-state index contributed by atoms with van der Waals surface area (Å²) in [5, 5.41) is 0. The number of rotatable bonds is 6. The Morgan fingerprint density at radius 1 is 1.18 bits per heavy atom. The second-order valence-electron chi connectivity index (χ2n) is 3.10. The summed E-state index contributed by atoms with van der Waals surface area (Å²) in [5.74, 6) is 0. The van der Waals surface area contributed by atoms with Gasteiger partial charge in [-0.2, -0.15) is 0 Å². The minimum atomic E-state index is 0.0902. The van der Waals surface area contributed by atoms with Crippen molar-refractivity contribution < 1.29 is 4.43 Å². The molecule has 0 unspecified atom stereocenters. The minimum absolute atomic E-state index is 0.0902. The molecule has 0 aliphatic heterocycles. The maximum Gasteiger partial charge on any atom is 0.247 e. The van der Waals surface area contributed by atoms with E-state index in [1.807, 2.05) is 0 Å². The highest BCUT2D eigenvalue weighted by Crippen LogP contribution is 2.25. The van der Waals surface area contributed by atoms with Crippen LogP contribution >= 0.6 is 0 Å².